The van der Waals surface area contributed by atoms with E-state index in [1.54, 1.807) is 0 Å². The van der Waals surface area contributed by atoms with Crippen LogP contribution in [0, 0.1) is 0 Å². The van der Waals surface area contributed by atoms with Crippen molar-refractivity contribution in [2.45, 2.75) is 0 Å². The van der Waals surface area contributed by atoms with Crippen LogP contribution in [-0.4, -0.2) is 0 Å². The summed E-state index contributed by atoms with van der Waals surface area (Å²) in [7, 11) is 0. The van der Waals surface area contributed by atoms with Crippen LogP contribution in [0.15, 0.2) is 140 Å². The maximum atomic E-state index is 6.39. The van der Waals surface area contributed by atoms with Crippen molar-refractivity contribution in [2.24, 2.45) is 0 Å². The number of nitrogens with two attached hydrogens (primary N) is 1. The van der Waals surface area contributed by atoms with E-state index in [4.69, 9.17) is 15.2 Å². The summed E-state index contributed by atoms with van der Waals surface area (Å²) in [6, 6.07) is 46.7. The lowest BCUT2D eigenvalue weighted by molar-refractivity contribution is 0.477. The van der Waals surface area contributed by atoms with E-state index in [2.05, 4.69) is 69.7 Å². The van der Waals surface area contributed by atoms with E-state index in [0.717, 1.165) is 68.5 Å². The van der Waals surface area contributed by atoms with Gasteiger partial charge in [0.15, 0.2) is 23.0 Å². The van der Waals surface area contributed by atoms with Gasteiger partial charge in [-0.1, -0.05) is 48.5 Å². The zero-order valence-electron chi connectivity index (χ0n) is 22.6. The van der Waals surface area contributed by atoms with E-state index in [1.165, 1.54) is 0 Å². The third-order valence-corrected chi connectivity index (χ3v) is 7.49. The van der Waals surface area contributed by atoms with Crippen molar-refractivity contribution in [3.8, 4) is 23.0 Å². The van der Waals surface area contributed by atoms with Crippen molar-refractivity contribution < 1.29 is 9.47 Å². The van der Waals surface area contributed by atoms with Crippen LogP contribution in [0.2, 0.25) is 0 Å². The summed E-state index contributed by atoms with van der Waals surface area (Å²) in [5.41, 5.74) is 14.6. The molecule has 0 aliphatic carbocycles. The molecule has 3 N–H and O–H groups in total. The minimum atomic E-state index is 0.683. The molecule has 0 fully saturated rings. The Kier molecular flexibility index (Phi) is 5.50. The van der Waals surface area contributed by atoms with Crippen LogP contribution in [0.25, 0.3) is 0 Å². The van der Waals surface area contributed by atoms with Gasteiger partial charge in [-0.3, -0.25) is 0 Å². The minimum Gasteiger partial charge on any atom is -0.453 e. The molecule has 42 heavy (non-hydrogen) atoms. The monoisotopic (exact) mass is 546 g/mol. The first kappa shape index (κ1) is 24.0. The lowest BCUT2D eigenvalue weighted by atomic mass is 10.1. The highest BCUT2D eigenvalue weighted by Gasteiger charge is 2.28. The Morgan fingerprint density at radius 2 is 0.929 bits per heavy atom. The van der Waals surface area contributed by atoms with E-state index in [0.29, 0.717) is 5.69 Å². The van der Waals surface area contributed by atoms with Crippen molar-refractivity contribution in [1.82, 2.24) is 0 Å². The highest BCUT2D eigenvalue weighted by atomic mass is 16.5. The van der Waals surface area contributed by atoms with E-state index in [1.807, 2.05) is 84.9 Å². The Bertz CT molecular complexity index is 1940. The number of hydrogen-bond donors (Lipinski definition) is 2. The van der Waals surface area contributed by atoms with E-state index in [9.17, 15) is 0 Å². The molecule has 0 saturated heterocycles. The topological polar surface area (TPSA) is 63.0 Å². The lowest BCUT2D eigenvalue weighted by Crippen LogP contribution is -2.16. The Morgan fingerprint density at radius 3 is 1.55 bits per heavy atom. The van der Waals surface area contributed by atoms with Crippen molar-refractivity contribution in [3.63, 3.8) is 0 Å². The Morgan fingerprint density at radius 1 is 0.429 bits per heavy atom. The van der Waals surface area contributed by atoms with Gasteiger partial charge in [0, 0.05) is 40.6 Å². The predicted octanol–water partition coefficient (Wildman–Crippen LogP) is 10.2. The number of benzene rings is 6. The van der Waals surface area contributed by atoms with Gasteiger partial charge >= 0.3 is 0 Å². The van der Waals surface area contributed by atoms with Crippen molar-refractivity contribution >= 4 is 51.2 Å². The molecule has 0 bridgehead atoms. The number of fused-ring (bicyclic) bond motifs is 4. The lowest BCUT2D eigenvalue weighted by Gasteiger charge is -2.33. The molecule has 0 radical (unpaired) electrons. The summed E-state index contributed by atoms with van der Waals surface area (Å²) in [6.45, 7) is 0. The number of ether oxygens (including phenoxy) is 2. The quantitative estimate of drug-likeness (QED) is 0.214. The molecule has 6 aromatic rings. The van der Waals surface area contributed by atoms with Gasteiger partial charge in [0.2, 0.25) is 0 Å². The minimum absolute atomic E-state index is 0.683. The van der Waals surface area contributed by atoms with Gasteiger partial charge in [0.25, 0.3) is 0 Å². The van der Waals surface area contributed by atoms with E-state index in [-0.39, 0.29) is 0 Å². The summed E-state index contributed by atoms with van der Waals surface area (Å²) in [5.74, 6) is 3.09. The molecular weight excluding hydrogens is 520 g/mol. The molecular formula is C36H26N4O2. The SMILES string of the molecule is Nc1ccc2c(c1)N(c1ccccc1)c1ccc(Nc3ccc4c(c3)Oc3ccccc3N4c3ccccc3)cc1O2. The Hall–Kier alpha value is -5.88. The first-order valence-corrected chi connectivity index (χ1v) is 13.8. The first-order valence-electron chi connectivity index (χ1n) is 13.8. The van der Waals surface area contributed by atoms with Crippen molar-refractivity contribution in [1.29, 1.82) is 0 Å². The molecule has 2 heterocycles. The van der Waals surface area contributed by atoms with Crippen LogP contribution in [-0.2, 0) is 0 Å². The fraction of sp³-hybridized carbons (Fsp3) is 0. The largest absolute Gasteiger partial charge is 0.453 e. The van der Waals surface area contributed by atoms with Crippen LogP contribution in [0.5, 0.6) is 23.0 Å². The highest BCUT2D eigenvalue weighted by molar-refractivity contribution is 5.90. The number of hydrogen-bond acceptors (Lipinski definition) is 6. The number of para-hydroxylation sites is 4. The number of anilines is 9. The van der Waals surface area contributed by atoms with Crippen LogP contribution in [0.1, 0.15) is 0 Å². The Balaban J connectivity index is 1.15. The van der Waals surface area contributed by atoms with Gasteiger partial charge in [-0.25, -0.2) is 0 Å². The van der Waals surface area contributed by atoms with Gasteiger partial charge in [0.05, 0.1) is 22.7 Å². The average molecular weight is 547 g/mol. The van der Waals surface area contributed by atoms with Crippen LogP contribution in [0.4, 0.5) is 51.2 Å². The molecule has 0 spiro atoms. The molecule has 0 aromatic heterocycles. The van der Waals surface area contributed by atoms with E-state index < -0.39 is 0 Å². The summed E-state index contributed by atoms with van der Waals surface area (Å²) in [4.78, 5) is 4.41. The molecule has 2 aliphatic heterocycles. The third kappa shape index (κ3) is 4.05. The van der Waals surface area contributed by atoms with Crippen LogP contribution >= 0.6 is 0 Å². The van der Waals surface area contributed by atoms with Crippen LogP contribution < -0.4 is 30.3 Å². The second kappa shape index (κ2) is 9.64. The molecule has 0 unspecified atom stereocenters. The standard InChI is InChI=1S/C36H26N4O2/c37-24-15-20-34-32(21-24)40(28-11-5-2-6-12-28)31-19-17-26(23-36(31)42-34)38-25-16-18-30-35(22-25)41-33-14-8-7-13-29(33)39(30)27-9-3-1-4-10-27/h1-23,38H,37H2. The van der Waals surface area contributed by atoms with Gasteiger partial charge in [-0.05, 0) is 78.9 Å². The molecule has 8 rings (SSSR count). The first-order chi connectivity index (χ1) is 20.7. The Labute approximate surface area is 243 Å². The number of nitrogens with one attached hydrogen (secondary N) is 1. The predicted molar refractivity (Wildman–Crippen MR) is 170 cm³/mol. The zero-order valence-corrected chi connectivity index (χ0v) is 22.6. The molecule has 2 aliphatic rings. The van der Waals surface area contributed by atoms with Crippen LogP contribution in [0.3, 0.4) is 0 Å². The van der Waals surface area contributed by atoms with Gasteiger partial charge in [-0.15, -0.1) is 0 Å². The summed E-state index contributed by atoms with van der Waals surface area (Å²) in [5, 5.41) is 3.55. The van der Waals surface area contributed by atoms with Crippen molar-refractivity contribution in [2.75, 3.05) is 20.9 Å². The molecule has 6 nitrogen and oxygen atoms in total. The fourth-order valence-electron chi connectivity index (χ4n) is 5.61. The van der Waals surface area contributed by atoms with Gasteiger partial charge in [0.1, 0.15) is 0 Å². The van der Waals surface area contributed by atoms with Crippen molar-refractivity contribution in [3.05, 3.63) is 140 Å². The smallest absolute Gasteiger partial charge is 0.153 e. The number of nitrogen functional groups attached to an aromatic ring is 1. The normalized spacial score (nSPS) is 12.7. The zero-order chi connectivity index (χ0) is 28.0. The summed E-state index contributed by atoms with van der Waals surface area (Å²) in [6.07, 6.45) is 0. The molecule has 6 heteroatoms. The number of rotatable bonds is 4. The summed E-state index contributed by atoms with van der Waals surface area (Å²) < 4.78 is 12.8. The highest BCUT2D eigenvalue weighted by Crippen LogP contribution is 2.53. The third-order valence-electron chi connectivity index (χ3n) is 7.49. The maximum absolute atomic E-state index is 6.39. The second-order valence-corrected chi connectivity index (χ2v) is 10.2. The molecule has 6 aromatic carbocycles. The second-order valence-electron chi connectivity index (χ2n) is 10.2. The molecule has 202 valence electrons. The average Bonchev–Trinajstić information content (AvgIpc) is 3.03. The van der Waals surface area contributed by atoms with Gasteiger partial charge in [-0.2, -0.15) is 0 Å². The maximum Gasteiger partial charge on any atom is 0.153 e. The number of nitrogens with zero attached hydrogens (tertiary/aromatic N) is 2. The molecule has 0 amide bonds. The molecule has 0 atom stereocenters. The summed E-state index contributed by atoms with van der Waals surface area (Å²) >= 11 is 0. The van der Waals surface area contributed by atoms with Gasteiger partial charge < -0.3 is 30.3 Å². The fourth-order valence-corrected chi connectivity index (χ4v) is 5.61. The molecule has 0 saturated carbocycles. The van der Waals surface area contributed by atoms with E-state index >= 15 is 0 Å².